The number of aromatic nitrogens is 3. The number of rotatable bonds is 7. The zero-order valence-corrected chi connectivity index (χ0v) is 15.8. The molecule has 0 saturated heterocycles. The van der Waals surface area contributed by atoms with Crippen molar-refractivity contribution >= 4 is 11.5 Å². The summed E-state index contributed by atoms with van der Waals surface area (Å²) in [6.45, 7) is 5.25. The quantitative estimate of drug-likeness (QED) is 0.759. The smallest absolute Gasteiger partial charge is 0.343 e. The van der Waals surface area contributed by atoms with Crippen molar-refractivity contribution in [3.63, 3.8) is 0 Å². The molecule has 1 aromatic heterocycles. The fraction of sp³-hybridized carbons (Fsp3) is 0.722. The third kappa shape index (κ3) is 5.93. The van der Waals surface area contributed by atoms with E-state index < -0.39 is 12.2 Å². The van der Waals surface area contributed by atoms with Gasteiger partial charge in [0.15, 0.2) is 5.82 Å². The maximum atomic E-state index is 12.9. The molecule has 0 bridgehead atoms. The van der Waals surface area contributed by atoms with Crippen molar-refractivity contribution in [3.05, 3.63) is 17.7 Å². The number of nitrogens with one attached hydrogen (secondary N) is 2. The van der Waals surface area contributed by atoms with Crippen LogP contribution in [0.5, 0.6) is 0 Å². The molecule has 8 heteroatoms. The fourth-order valence-corrected chi connectivity index (χ4v) is 2.77. The molecule has 1 unspecified atom stereocenters. The number of hydrogen-bond donors (Lipinski definition) is 2. The Morgan fingerprint density at radius 1 is 1.19 bits per heavy atom. The maximum absolute atomic E-state index is 12.9. The number of anilines is 1. The molecule has 2 rings (SSSR count). The van der Waals surface area contributed by atoms with Gasteiger partial charge in [0, 0.05) is 12.5 Å². The number of alkyl halides is 3. The van der Waals surface area contributed by atoms with Crippen LogP contribution in [0.15, 0.2) is 6.08 Å². The molecule has 146 valence electrons. The SMILES string of the molecule is CNC1C=C(c2nc(CCC(C)C)nc(N[C@H](C)C(F)(F)F)n2)CCC1. The van der Waals surface area contributed by atoms with Crippen LogP contribution in [-0.2, 0) is 6.42 Å². The number of likely N-dealkylation sites (N-methyl/N-ethyl adjacent to an activating group) is 1. The van der Waals surface area contributed by atoms with Crippen LogP contribution in [0.2, 0.25) is 0 Å². The normalized spacial score (nSPS) is 19.4. The van der Waals surface area contributed by atoms with Crippen molar-refractivity contribution in [2.24, 2.45) is 5.92 Å². The van der Waals surface area contributed by atoms with Crippen molar-refractivity contribution in [1.29, 1.82) is 0 Å². The Morgan fingerprint density at radius 3 is 2.54 bits per heavy atom. The Labute approximate surface area is 152 Å². The van der Waals surface area contributed by atoms with Crippen LogP contribution < -0.4 is 10.6 Å². The van der Waals surface area contributed by atoms with Crippen LogP contribution in [0.3, 0.4) is 0 Å². The average molecular weight is 371 g/mol. The van der Waals surface area contributed by atoms with Gasteiger partial charge in [0.05, 0.1) is 0 Å². The summed E-state index contributed by atoms with van der Waals surface area (Å²) in [6.07, 6.45) is 2.04. The molecule has 0 fully saturated rings. The molecule has 0 spiro atoms. The van der Waals surface area contributed by atoms with E-state index in [1.165, 1.54) is 0 Å². The Kier molecular flexibility index (Phi) is 6.97. The lowest BCUT2D eigenvalue weighted by Crippen LogP contribution is -2.34. The van der Waals surface area contributed by atoms with Crippen molar-refractivity contribution < 1.29 is 13.2 Å². The minimum Gasteiger partial charge on any atom is -0.343 e. The summed E-state index contributed by atoms with van der Waals surface area (Å²) in [5.74, 6) is 1.47. The lowest BCUT2D eigenvalue weighted by molar-refractivity contribution is -0.138. The lowest BCUT2D eigenvalue weighted by Gasteiger charge is -2.21. The van der Waals surface area contributed by atoms with Gasteiger partial charge in [-0.05, 0) is 51.1 Å². The summed E-state index contributed by atoms with van der Waals surface area (Å²) in [4.78, 5) is 13.0. The molecule has 0 amide bonds. The molecule has 2 N–H and O–H groups in total. The molecule has 5 nitrogen and oxygen atoms in total. The van der Waals surface area contributed by atoms with E-state index in [0.29, 0.717) is 24.0 Å². The molecular weight excluding hydrogens is 343 g/mol. The van der Waals surface area contributed by atoms with E-state index in [4.69, 9.17) is 0 Å². The first-order chi connectivity index (χ1) is 12.2. The van der Waals surface area contributed by atoms with Crippen molar-refractivity contribution in [3.8, 4) is 0 Å². The minimum atomic E-state index is -4.35. The zero-order chi connectivity index (χ0) is 19.3. The Morgan fingerprint density at radius 2 is 1.92 bits per heavy atom. The molecular formula is C18H28F3N5. The summed E-state index contributed by atoms with van der Waals surface area (Å²) in [7, 11) is 1.89. The number of aryl methyl sites for hydroxylation is 1. The first kappa shape index (κ1) is 20.6. The van der Waals surface area contributed by atoms with E-state index in [-0.39, 0.29) is 12.0 Å². The van der Waals surface area contributed by atoms with Gasteiger partial charge in [-0.2, -0.15) is 23.1 Å². The first-order valence-electron chi connectivity index (χ1n) is 9.15. The molecule has 1 aromatic rings. The van der Waals surface area contributed by atoms with E-state index in [1.807, 2.05) is 7.05 Å². The second-order valence-electron chi connectivity index (χ2n) is 7.22. The zero-order valence-electron chi connectivity index (χ0n) is 15.8. The first-order valence-corrected chi connectivity index (χ1v) is 9.15. The monoisotopic (exact) mass is 371 g/mol. The highest BCUT2D eigenvalue weighted by Gasteiger charge is 2.36. The highest BCUT2D eigenvalue weighted by molar-refractivity contribution is 5.62. The predicted octanol–water partition coefficient (Wildman–Crippen LogP) is 3.98. The van der Waals surface area contributed by atoms with Gasteiger partial charge in [-0.25, -0.2) is 4.98 Å². The number of nitrogens with zero attached hydrogens (tertiary/aromatic N) is 3. The van der Waals surface area contributed by atoms with Gasteiger partial charge < -0.3 is 10.6 Å². The standard InChI is InChI=1S/C18H28F3N5/c1-11(2)8-9-15-24-16(13-6-5-7-14(10-13)22-4)26-17(25-15)23-12(3)18(19,20)21/h10-12,14,22H,5-9H2,1-4H3,(H,23,24,25,26)/t12-,14?/m1/s1. The van der Waals surface area contributed by atoms with Crippen LogP contribution in [0.25, 0.3) is 5.57 Å². The molecule has 0 aliphatic heterocycles. The molecule has 26 heavy (non-hydrogen) atoms. The van der Waals surface area contributed by atoms with Gasteiger partial charge in [-0.1, -0.05) is 19.9 Å². The number of allylic oxidation sites excluding steroid dienone is 1. The molecule has 2 atom stereocenters. The van der Waals surface area contributed by atoms with E-state index in [1.54, 1.807) is 0 Å². The topological polar surface area (TPSA) is 62.7 Å². The van der Waals surface area contributed by atoms with Gasteiger partial charge in [0.25, 0.3) is 0 Å². The summed E-state index contributed by atoms with van der Waals surface area (Å²) in [5.41, 5.74) is 0.964. The largest absolute Gasteiger partial charge is 0.408 e. The Balaban J connectivity index is 2.32. The van der Waals surface area contributed by atoms with Crippen LogP contribution in [-0.4, -0.2) is 40.3 Å². The van der Waals surface area contributed by atoms with E-state index in [0.717, 1.165) is 38.2 Å². The molecule has 0 aromatic carbocycles. The summed E-state index contributed by atoms with van der Waals surface area (Å²) in [6, 6.07) is -1.48. The molecule has 0 saturated carbocycles. The van der Waals surface area contributed by atoms with Crippen LogP contribution in [0.1, 0.15) is 58.1 Å². The van der Waals surface area contributed by atoms with Gasteiger partial charge in [-0.15, -0.1) is 0 Å². The summed E-state index contributed by atoms with van der Waals surface area (Å²) in [5, 5.41) is 5.60. The number of hydrogen-bond acceptors (Lipinski definition) is 5. The summed E-state index contributed by atoms with van der Waals surface area (Å²) < 4.78 is 38.7. The van der Waals surface area contributed by atoms with Gasteiger partial charge in [-0.3, -0.25) is 0 Å². The molecule has 1 aliphatic rings. The molecule has 1 heterocycles. The molecule has 1 aliphatic carbocycles. The van der Waals surface area contributed by atoms with Crippen LogP contribution in [0, 0.1) is 5.92 Å². The average Bonchev–Trinajstić information content (AvgIpc) is 2.59. The highest BCUT2D eigenvalue weighted by Crippen LogP contribution is 2.27. The number of halogens is 3. The summed E-state index contributed by atoms with van der Waals surface area (Å²) >= 11 is 0. The van der Waals surface area contributed by atoms with Gasteiger partial charge >= 0.3 is 6.18 Å². The van der Waals surface area contributed by atoms with Crippen molar-refractivity contribution in [2.45, 2.75) is 71.1 Å². The Bertz CT molecular complexity index is 628. The van der Waals surface area contributed by atoms with Crippen molar-refractivity contribution in [2.75, 3.05) is 12.4 Å². The van der Waals surface area contributed by atoms with Gasteiger partial charge in [0.2, 0.25) is 5.95 Å². The van der Waals surface area contributed by atoms with Gasteiger partial charge in [0.1, 0.15) is 11.9 Å². The van der Waals surface area contributed by atoms with E-state index in [2.05, 4.69) is 45.5 Å². The molecule has 0 radical (unpaired) electrons. The Hall–Kier alpha value is -1.70. The highest BCUT2D eigenvalue weighted by atomic mass is 19.4. The second kappa shape index (κ2) is 8.79. The maximum Gasteiger partial charge on any atom is 0.408 e. The van der Waals surface area contributed by atoms with Crippen LogP contribution >= 0.6 is 0 Å². The second-order valence-corrected chi connectivity index (χ2v) is 7.22. The van der Waals surface area contributed by atoms with E-state index in [9.17, 15) is 13.2 Å². The lowest BCUT2D eigenvalue weighted by atomic mass is 9.95. The third-order valence-electron chi connectivity index (χ3n) is 4.49. The predicted molar refractivity (Wildman–Crippen MR) is 96.8 cm³/mol. The minimum absolute atomic E-state index is 0.00828. The van der Waals surface area contributed by atoms with Crippen LogP contribution in [0.4, 0.5) is 19.1 Å². The fourth-order valence-electron chi connectivity index (χ4n) is 2.77. The third-order valence-corrected chi connectivity index (χ3v) is 4.49. The van der Waals surface area contributed by atoms with E-state index >= 15 is 0 Å². The van der Waals surface area contributed by atoms with Crippen molar-refractivity contribution in [1.82, 2.24) is 20.3 Å².